The molecule has 0 nitrogen and oxygen atoms in total. The fraction of sp³-hybridized carbons (Fsp3) is 0.379. The van der Waals surface area contributed by atoms with E-state index in [1.54, 1.807) is 0 Å². The Hall–Kier alpha value is -1.86. The van der Waals surface area contributed by atoms with Gasteiger partial charge >= 0.3 is 0 Å². The van der Waals surface area contributed by atoms with Crippen molar-refractivity contribution in [3.63, 3.8) is 0 Å². The standard InChI is InChI=1S/C29H31Br/c1-26(23-12-6-3-7-13-23)18-28(24-14-8-4-9-15-24)20-27(2,30)21-29(19-26,22-28)25-16-10-5-11-17-25/h3-17H,18-22H2,1-2H3. The fourth-order valence-electron chi connectivity index (χ4n) is 7.29. The van der Waals surface area contributed by atoms with Crippen LogP contribution in [0, 0.1) is 0 Å². The minimum atomic E-state index is 0.134. The van der Waals surface area contributed by atoms with Crippen molar-refractivity contribution in [2.45, 2.75) is 66.5 Å². The molecule has 30 heavy (non-hydrogen) atoms. The molecule has 0 spiro atoms. The second-order valence-corrected chi connectivity index (χ2v) is 12.4. The highest BCUT2D eigenvalue weighted by Gasteiger charge is 2.60. The van der Waals surface area contributed by atoms with Gasteiger partial charge in [-0.1, -0.05) is 114 Å². The summed E-state index contributed by atoms with van der Waals surface area (Å²) >= 11 is 4.21. The zero-order chi connectivity index (χ0) is 20.9. The summed E-state index contributed by atoms with van der Waals surface area (Å²) in [6.45, 7) is 4.94. The van der Waals surface area contributed by atoms with E-state index in [2.05, 4.69) is 121 Å². The average molecular weight is 459 g/mol. The van der Waals surface area contributed by atoms with Gasteiger partial charge in [-0.2, -0.15) is 0 Å². The molecular weight excluding hydrogens is 428 g/mol. The maximum absolute atomic E-state index is 4.21. The van der Waals surface area contributed by atoms with Crippen molar-refractivity contribution in [1.82, 2.24) is 0 Å². The number of hydrogen-bond acceptors (Lipinski definition) is 0. The summed E-state index contributed by atoms with van der Waals surface area (Å²) in [5.74, 6) is 0. The van der Waals surface area contributed by atoms with Crippen LogP contribution in [0.15, 0.2) is 91.0 Å². The molecule has 2 unspecified atom stereocenters. The molecule has 2 saturated carbocycles. The summed E-state index contributed by atoms with van der Waals surface area (Å²) in [5, 5.41) is 0. The molecule has 2 aliphatic carbocycles. The molecule has 2 aliphatic rings. The largest absolute Gasteiger partial charge is 0.0856 e. The molecule has 0 radical (unpaired) electrons. The van der Waals surface area contributed by atoms with Gasteiger partial charge in [0.1, 0.15) is 0 Å². The topological polar surface area (TPSA) is 0 Å². The molecule has 2 bridgehead atoms. The van der Waals surface area contributed by atoms with Gasteiger partial charge in [0.2, 0.25) is 0 Å². The smallest absolute Gasteiger partial charge is 0.0246 e. The second-order valence-electron chi connectivity index (χ2n) is 10.5. The quantitative estimate of drug-likeness (QED) is 0.349. The predicted molar refractivity (Wildman–Crippen MR) is 130 cm³/mol. The molecule has 0 heterocycles. The highest BCUT2D eigenvalue weighted by molar-refractivity contribution is 9.10. The summed E-state index contributed by atoms with van der Waals surface area (Å²) in [7, 11) is 0. The maximum Gasteiger partial charge on any atom is 0.0246 e. The number of rotatable bonds is 3. The first-order chi connectivity index (χ1) is 14.4. The Labute approximate surface area is 189 Å². The lowest BCUT2D eigenvalue weighted by Gasteiger charge is -2.62. The molecule has 3 aromatic carbocycles. The highest BCUT2D eigenvalue weighted by Crippen LogP contribution is 2.66. The van der Waals surface area contributed by atoms with Crippen LogP contribution in [-0.2, 0) is 16.2 Å². The van der Waals surface area contributed by atoms with Crippen LogP contribution in [0.2, 0.25) is 0 Å². The Morgan fingerprint density at radius 3 is 1.27 bits per heavy atom. The van der Waals surface area contributed by atoms with Gasteiger partial charge < -0.3 is 0 Å². The van der Waals surface area contributed by atoms with Gasteiger partial charge in [-0.25, -0.2) is 0 Å². The van der Waals surface area contributed by atoms with Crippen LogP contribution in [0.3, 0.4) is 0 Å². The van der Waals surface area contributed by atoms with Crippen LogP contribution in [0.5, 0.6) is 0 Å². The van der Waals surface area contributed by atoms with Crippen molar-refractivity contribution in [3.05, 3.63) is 108 Å². The summed E-state index contributed by atoms with van der Waals surface area (Å²) in [5.41, 5.74) is 4.99. The first kappa shape index (κ1) is 20.1. The third-order valence-electron chi connectivity index (χ3n) is 7.79. The SMILES string of the molecule is CC1(Br)CC2(c3ccccc3)CC(C)(c3ccccc3)CC(c3ccccc3)(C1)C2. The Morgan fingerprint density at radius 1 is 0.500 bits per heavy atom. The van der Waals surface area contributed by atoms with Crippen molar-refractivity contribution in [3.8, 4) is 0 Å². The van der Waals surface area contributed by atoms with Crippen molar-refractivity contribution in [2.75, 3.05) is 0 Å². The van der Waals surface area contributed by atoms with E-state index in [0.717, 1.165) is 0 Å². The Kier molecular flexibility index (Phi) is 4.74. The van der Waals surface area contributed by atoms with Gasteiger partial charge in [0.25, 0.3) is 0 Å². The molecule has 0 N–H and O–H groups in total. The second kappa shape index (κ2) is 7.09. The van der Waals surface area contributed by atoms with E-state index in [4.69, 9.17) is 0 Å². The van der Waals surface area contributed by atoms with Gasteiger partial charge in [-0.05, 0) is 72.0 Å². The molecule has 154 valence electrons. The lowest BCUT2D eigenvalue weighted by molar-refractivity contribution is 0.0441. The molecule has 0 aliphatic heterocycles. The van der Waals surface area contributed by atoms with Gasteiger partial charge in [0, 0.05) is 4.32 Å². The lowest BCUT2D eigenvalue weighted by Crippen LogP contribution is -2.58. The predicted octanol–water partition coefficient (Wildman–Crippen LogP) is 7.95. The Morgan fingerprint density at radius 2 is 0.867 bits per heavy atom. The number of halogens is 1. The zero-order valence-electron chi connectivity index (χ0n) is 18.1. The average Bonchev–Trinajstić information content (AvgIpc) is 2.74. The summed E-state index contributed by atoms with van der Waals surface area (Å²) < 4.78 is 0.134. The number of hydrogen-bond donors (Lipinski definition) is 0. The van der Waals surface area contributed by atoms with E-state index in [1.165, 1.54) is 48.8 Å². The van der Waals surface area contributed by atoms with Crippen molar-refractivity contribution >= 4 is 15.9 Å². The van der Waals surface area contributed by atoms with Gasteiger partial charge in [-0.3, -0.25) is 0 Å². The monoisotopic (exact) mass is 458 g/mol. The number of fused-ring (bicyclic) bond motifs is 2. The minimum Gasteiger partial charge on any atom is -0.0856 e. The molecule has 0 amide bonds. The molecule has 2 atom stereocenters. The van der Waals surface area contributed by atoms with Crippen LogP contribution in [0.1, 0.15) is 62.6 Å². The first-order valence-electron chi connectivity index (χ1n) is 11.2. The van der Waals surface area contributed by atoms with E-state index < -0.39 is 0 Å². The van der Waals surface area contributed by atoms with E-state index in [1.807, 2.05) is 0 Å². The minimum absolute atomic E-state index is 0.134. The molecule has 5 rings (SSSR count). The maximum atomic E-state index is 4.21. The van der Waals surface area contributed by atoms with E-state index in [-0.39, 0.29) is 20.6 Å². The summed E-state index contributed by atoms with van der Waals surface area (Å²) in [6, 6.07) is 34.0. The molecule has 3 aromatic rings. The fourth-order valence-corrected chi connectivity index (χ4v) is 8.37. The van der Waals surface area contributed by atoms with E-state index >= 15 is 0 Å². The third kappa shape index (κ3) is 3.36. The molecule has 0 saturated heterocycles. The normalized spacial score (nSPS) is 35.7. The van der Waals surface area contributed by atoms with Gasteiger partial charge in [0.05, 0.1) is 0 Å². The third-order valence-corrected chi connectivity index (χ3v) is 8.35. The Bertz CT molecular complexity index is 941. The van der Waals surface area contributed by atoms with Crippen molar-refractivity contribution < 1.29 is 0 Å². The lowest BCUT2D eigenvalue weighted by atomic mass is 9.43. The van der Waals surface area contributed by atoms with Crippen LogP contribution >= 0.6 is 15.9 Å². The van der Waals surface area contributed by atoms with Crippen molar-refractivity contribution in [1.29, 1.82) is 0 Å². The summed E-state index contributed by atoms with van der Waals surface area (Å²) in [4.78, 5) is 0. The Balaban J connectivity index is 1.74. The van der Waals surface area contributed by atoms with Gasteiger partial charge in [0.15, 0.2) is 0 Å². The van der Waals surface area contributed by atoms with Crippen LogP contribution in [0.25, 0.3) is 0 Å². The molecule has 1 heteroatoms. The molecule has 2 fully saturated rings. The summed E-state index contributed by atoms with van der Waals surface area (Å²) in [6.07, 6.45) is 5.99. The van der Waals surface area contributed by atoms with Gasteiger partial charge in [-0.15, -0.1) is 0 Å². The number of alkyl halides is 1. The van der Waals surface area contributed by atoms with Crippen LogP contribution in [0.4, 0.5) is 0 Å². The van der Waals surface area contributed by atoms with Crippen LogP contribution < -0.4 is 0 Å². The number of benzene rings is 3. The first-order valence-corrected chi connectivity index (χ1v) is 12.0. The van der Waals surface area contributed by atoms with Crippen molar-refractivity contribution in [2.24, 2.45) is 0 Å². The van der Waals surface area contributed by atoms with Crippen LogP contribution in [-0.4, -0.2) is 4.32 Å². The van der Waals surface area contributed by atoms with E-state index in [0.29, 0.717) is 0 Å². The zero-order valence-corrected chi connectivity index (χ0v) is 19.7. The molecule has 0 aromatic heterocycles. The van der Waals surface area contributed by atoms with E-state index in [9.17, 15) is 0 Å². The highest BCUT2D eigenvalue weighted by atomic mass is 79.9. The molecular formula is C29H31Br.